The summed E-state index contributed by atoms with van der Waals surface area (Å²) in [6, 6.07) is 4.57. The molecule has 0 spiro atoms. The fraction of sp³-hybridized carbons (Fsp3) is 0.484. The van der Waals surface area contributed by atoms with E-state index in [4.69, 9.17) is 21.5 Å². The summed E-state index contributed by atoms with van der Waals surface area (Å²) in [6.45, 7) is 1.25. The van der Waals surface area contributed by atoms with Gasteiger partial charge in [-0.1, -0.05) is 24.4 Å². The van der Waals surface area contributed by atoms with Crippen molar-refractivity contribution < 1.29 is 51.0 Å². The summed E-state index contributed by atoms with van der Waals surface area (Å²) in [5.74, 6) is -2.86. The molecule has 17 nitrogen and oxygen atoms in total. The lowest BCUT2D eigenvalue weighted by molar-refractivity contribution is -0.151. The van der Waals surface area contributed by atoms with E-state index >= 15 is 0 Å². The number of benzene rings is 2. The molecule has 0 aromatic heterocycles. The van der Waals surface area contributed by atoms with Gasteiger partial charge in [0, 0.05) is 18.2 Å². The molecule has 20 heteroatoms. The van der Waals surface area contributed by atoms with E-state index in [1.807, 2.05) is 0 Å². The lowest BCUT2D eigenvalue weighted by Gasteiger charge is -2.35. The molecule has 2 heterocycles. The number of carboxylic acids is 2. The van der Waals surface area contributed by atoms with E-state index in [1.165, 1.54) is 36.1 Å². The van der Waals surface area contributed by atoms with Crippen molar-refractivity contribution in [2.45, 2.75) is 85.6 Å². The minimum Gasteiger partial charge on any atom is -0.490 e. The predicted molar refractivity (Wildman–Crippen MR) is 182 cm³/mol. The largest absolute Gasteiger partial charge is 0.490 e. The zero-order valence-corrected chi connectivity index (χ0v) is 29.8. The van der Waals surface area contributed by atoms with Crippen molar-refractivity contribution in [1.29, 1.82) is 0 Å². The van der Waals surface area contributed by atoms with Gasteiger partial charge in [-0.3, -0.25) is 19.7 Å². The van der Waals surface area contributed by atoms with Crippen LogP contribution >= 0.6 is 11.6 Å². The Kier molecular flexibility index (Phi) is 11.5. The first-order valence-corrected chi connectivity index (χ1v) is 19.6. The van der Waals surface area contributed by atoms with Gasteiger partial charge in [0.2, 0.25) is 26.0 Å². The topological polar surface area (TPSA) is 264 Å². The number of rotatable bonds is 13. The van der Waals surface area contributed by atoms with Gasteiger partial charge in [-0.05, 0) is 74.9 Å². The van der Waals surface area contributed by atoms with E-state index in [0.717, 1.165) is 31.4 Å². The number of carboxylic acid groups (broad SMARTS) is 2. The summed E-state index contributed by atoms with van der Waals surface area (Å²) >= 11 is 6.01. The molecule has 8 N–H and O–H groups in total. The Bertz CT molecular complexity index is 1910. The van der Waals surface area contributed by atoms with Crippen LogP contribution in [0.1, 0.15) is 55.8 Å². The molecule has 278 valence electrons. The van der Waals surface area contributed by atoms with E-state index in [1.54, 1.807) is 0 Å². The third-order valence-electron chi connectivity index (χ3n) is 9.26. The number of primary sulfonamides is 1. The number of amides is 2. The van der Waals surface area contributed by atoms with Crippen molar-refractivity contribution in [3.05, 3.63) is 47.0 Å². The molecule has 2 aromatic rings. The van der Waals surface area contributed by atoms with Gasteiger partial charge in [0.05, 0.1) is 16.8 Å². The van der Waals surface area contributed by atoms with Crippen molar-refractivity contribution in [3.63, 3.8) is 0 Å². The second-order valence-corrected chi connectivity index (χ2v) is 16.4. The fourth-order valence-corrected chi connectivity index (χ4v) is 9.30. The monoisotopic (exact) mass is 770 g/mol. The molecule has 5 rings (SSSR count). The molecular weight excluding hydrogens is 732 g/mol. The normalized spacial score (nSPS) is 23.5. The van der Waals surface area contributed by atoms with Gasteiger partial charge in [-0.25, -0.2) is 26.8 Å². The molecule has 1 saturated heterocycles. The second-order valence-electron chi connectivity index (χ2n) is 12.7. The molecule has 51 heavy (non-hydrogen) atoms. The smallest absolute Gasteiger partial charge is 0.326 e. The number of sulfonamides is 2. The molecule has 3 aliphatic rings. The Balaban J connectivity index is 1.11. The number of hydrogen-bond donors (Lipinski definition) is 7. The lowest BCUT2D eigenvalue weighted by Crippen LogP contribution is -2.55. The van der Waals surface area contributed by atoms with Crippen molar-refractivity contribution in [3.8, 4) is 5.75 Å². The summed E-state index contributed by atoms with van der Waals surface area (Å²) in [4.78, 5) is 50.7. The fourth-order valence-electron chi connectivity index (χ4n) is 6.82. The van der Waals surface area contributed by atoms with Gasteiger partial charge in [-0.2, -0.15) is 4.72 Å². The van der Waals surface area contributed by atoms with Crippen molar-refractivity contribution in [2.24, 2.45) is 11.1 Å². The molecule has 4 unspecified atom stereocenters. The average molecular weight is 771 g/mol. The molecule has 2 aliphatic heterocycles. The summed E-state index contributed by atoms with van der Waals surface area (Å²) in [6.07, 6.45) is 2.82. The summed E-state index contributed by atoms with van der Waals surface area (Å²) in [5, 5.41) is 32.7. The number of carbonyl (C=O) groups is 4. The maximum Gasteiger partial charge on any atom is 0.326 e. The number of anilines is 1. The Morgan fingerprint density at radius 2 is 1.80 bits per heavy atom. The van der Waals surface area contributed by atoms with Gasteiger partial charge in [0.1, 0.15) is 40.4 Å². The summed E-state index contributed by atoms with van der Waals surface area (Å²) < 4.78 is 57.1. The maximum atomic E-state index is 13.4. The number of nitrogens with one attached hydrogen (secondary N) is 4. The van der Waals surface area contributed by atoms with Crippen LogP contribution in [0.3, 0.4) is 0 Å². The molecular formula is C31H39ClN6O11S2. The number of likely N-dealkylation sites (tertiary alicyclic amines) is 1. The van der Waals surface area contributed by atoms with Crippen LogP contribution in [-0.2, 0) is 34.4 Å². The molecule has 1 saturated carbocycles. The van der Waals surface area contributed by atoms with E-state index < -0.39 is 73.0 Å². The molecule has 0 radical (unpaired) electrons. The third kappa shape index (κ3) is 8.73. The van der Waals surface area contributed by atoms with Crippen LogP contribution in [0.2, 0.25) is 5.02 Å². The molecule has 2 aromatic carbocycles. The van der Waals surface area contributed by atoms with Gasteiger partial charge < -0.3 is 30.5 Å². The van der Waals surface area contributed by atoms with Crippen LogP contribution in [0.4, 0.5) is 5.69 Å². The minimum atomic E-state index is -4.28. The Labute approximate surface area is 299 Å². The molecule has 1 aliphatic carbocycles. The van der Waals surface area contributed by atoms with E-state index in [-0.39, 0.29) is 58.5 Å². The summed E-state index contributed by atoms with van der Waals surface area (Å²) in [7, 11) is -8.44. The highest BCUT2D eigenvalue weighted by Crippen LogP contribution is 2.40. The highest BCUT2D eigenvalue weighted by atomic mass is 35.5. The van der Waals surface area contributed by atoms with E-state index in [9.17, 15) is 46.2 Å². The van der Waals surface area contributed by atoms with Crippen LogP contribution in [0.5, 0.6) is 5.75 Å². The number of nitrogens with zero attached hydrogens (tertiary/aromatic N) is 1. The molecule has 2 amide bonds. The zero-order chi connectivity index (χ0) is 37.2. The van der Waals surface area contributed by atoms with Gasteiger partial charge in [0.25, 0.3) is 5.91 Å². The van der Waals surface area contributed by atoms with Crippen LogP contribution in [0.25, 0.3) is 0 Å². The third-order valence-corrected chi connectivity index (χ3v) is 12.1. The standard InChI is InChI=1S/C31H39ClN6O11S2/c1-16(29(40)38-23-5-3-2-4-18(23)12-24(38)31(43)44)35-21(30(41)42)10-11-34-28(39)17-6-8-19(9-7-17)49-15-27-36-22-13-20(32)25(50(33,45)46)14-26(22)51(47,48)37-27/h6-9,13-14,16,18,21,23-24,27,35-37H,2-5,10-12,15H2,1H3,(H,34,39)(H,41,42)(H,43,44)(H2,33,45,46)/t16-,18?,21-,23?,24?,27?/m0/s1. The van der Waals surface area contributed by atoms with Crippen molar-refractivity contribution in [2.75, 3.05) is 18.5 Å². The predicted octanol–water partition coefficient (Wildman–Crippen LogP) is 0.892. The van der Waals surface area contributed by atoms with Crippen molar-refractivity contribution >= 4 is 61.1 Å². The highest BCUT2D eigenvalue weighted by molar-refractivity contribution is 7.90. The average Bonchev–Trinajstić information content (AvgIpc) is 3.45. The first-order valence-electron chi connectivity index (χ1n) is 16.2. The molecule has 6 atom stereocenters. The van der Waals surface area contributed by atoms with Gasteiger partial charge in [0.15, 0.2) is 0 Å². The van der Waals surface area contributed by atoms with Crippen molar-refractivity contribution in [1.82, 2.24) is 20.3 Å². The lowest BCUT2D eigenvalue weighted by atomic mass is 9.84. The Morgan fingerprint density at radius 1 is 1.12 bits per heavy atom. The molecule has 0 bridgehead atoms. The minimum absolute atomic E-state index is 0.0455. The van der Waals surface area contributed by atoms with Crippen LogP contribution in [0, 0.1) is 5.92 Å². The second kappa shape index (κ2) is 15.3. The SMILES string of the molecule is C[C@H](N[C@@H](CCNC(=O)c1ccc(OCC2Nc3cc(Cl)c(S(N)(=O)=O)cc3S(=O)(=O)N2)cc1)C(=O)O)C(=O)N1C(C(=O)O)CC2CCCCC21. The quantitative estimate of drug-likeness (QED) is 0.149. The van der Waals surface area contributed by atoms with Gasteiger partial charge >= 0.3 is 11.9 Å². The van der Waals surface area contributed by atoms with Gasteiger partial charge in [-0.15, -0.1) is 0 Å². The van der Waals surface area contributed by atoms with Crippen LogP contribution in [0.15, 0.2) is 46.2 Å². The highest BCUT2D eigenvalue weighted by Gasteiger charge is 2.48. The number of hydrogen-bond acceptors (Lipinski definition) is 11. The Morgan fingerprint density at radius 3 is 2.45 bits per heavy atom. The number of fused-ring (bicyclic) bond motifs is 2. The maximum absolute atomic E-state index is 13.4. The number of carbonyl (C=O) groups excluding carboxylic acids is 2. The van der Waals surface area contributed by atoms with E-state index in [0.29, 0.717) is 12.8 Å². The van der Waals surface area contributed by atoms with Crippen LogP contribution in [-0.4, -0.2) is 99.2 Å². The molecule has 2 fully saturated rings. The number of halogens is 1. The number of aliphatic carboxylic acids is 2. The number of nitrogens with two attached hydrogens (primary N) is 1. The summed E-state index contributed by atoms with van der Waals surface area (Å²) in [5.41, 5.74) is 0.274. The number of ether oxygens (including phenoxy) is 1. The van der Waals surface area contributed by atoms with E-state index in [2.05, 4.69) is 20.7 Å². The first-order chi connectivity index (χ1) is 24.0. The van der Waals surface area contributed by atoms with Crippen LogP contribution < -0.4 is 30.5 Å². The Hall–Kier alpha value is -4.01. The zero-order valence-electron chi connectivity index (χ0n) is 27.4. The first kappa shape index (κ1) is 38.2.